The Balaban J connectivity index is 1.78. The highest BCUT2D eigenvalue weighted by atomic mass is 16.5. The molecule has 3 heteroatoms. The van der Waals surface area contributed by atoms with Crippen molar-refractivity contribution in [3.63, 3.8) is 0 Å². The second kappa shape index (κ2) is 7.51. The van der Waals surface area contributed by atoms with Crippen molar-refractivity contribution in [2.24, 2.45) is 0 Å². The summed E-state index contributed by atoms with van der Waals surface area (Å²) >= 11 is 0. The highest BCUT2D eigenvalue weighted by molar-refractivity contribution is 5.34. The van der Waals surface area contributed by atoms with E-state index in [0.29, 0.717) is 0 Å². The molecule has 1 aromatic carbocycles. The number of hydrogen-bond acceptors (Lipinski definition) is 3. The van der Waals surface area contributed by atoms with Crippen LogP contribution in [-0.2, 0) is 6.42 Å². The maximum Gasteiger partial charge on any atom is 0.119 e. The molecule has 0 saturated carbocycles. The molecule has 0 atom stereocenters. The fraction of sp³-hybridized carbons (Fsp3) is 0.625. The molecule has 19 heavy (non-hydrogen) atoms. The first-order valence-corrected chi connectivity index (χ1v) is 7.36. The van der Waals surface area contributed by atoms with Crippen molar-refractivity contribution in [2.75, 3.05) is 39.8 Å². The van der Waals surface area contributed by atoms with Gasteiger partial charge in [-0.1, -0.05) is 6.07 Å². The summed E-state index contributed by atoms with van der Waals surface area (Å²) in [6.07, 6.45) is 3.69. The second-order valence-electron chi connectivity index (χ2n) is 5.34. The van der Waals surface area contributed by atoms with E-state index in [2.05, 4.69) is 35.3 Å². The van der Waals surface area contributed by atoms with Gasteiger partial charge in [0.05, 0.1) is 7.11 Å². The van der Waals surface area contributed by atoms with E-state index in [0.717, 1.165) is 12.3 Å². The van der Waals surface area contributed by atoms with E-state index in [9.17, 15) is 0 Å². The number of benzene rings is 1. The molecule has 1 aromatic rings. The van der Waals surface area contributed by atoms with Crippen molar-refractivity contribution in [1.29, 1.82) is 0 Å². The highest BCUT2D eigenvalue weighted by Gasteiger charge is 2.08. The fourth-order valence-corrected chi connectivity index (χ4v) is 2.69. The average Bonchev–Trinajstić information content (AvgIpc) is 2.69. The summed E-state index contributed by atoms with van der Waals surface area (Å²) in [4.78, 5) is 2.58. The first-order chi connectivity index (χ1) is 9.29. The van der Waals surface area contributed by atoms with Crippen molar-refractivity contribution in [3.05, 3.63) is 29.3 Å². The lowest BCUT2D eigenvalue weighted by Gasteiger charge is -2.19. The van der Waals surface area contributed by atoms with Gasteiger partial charge >= 0.3 is 0 Å². The molecule has 1 fully saturated rings. The first-order valence-electron chi connectivity index (χ1n) is 7.36. The topological polar surface area (TPSA) is 24.5 Å². The van der Waals surface area contributed by atoms with E-state index in [-0.39, 0.29) is 0 Å². The van der Waals surface area contributed by atoms with Crippen LogP contribution in [-0.4, -0.2) is 44.7 Å². The normalized spacial score (nSPS) is 17.2. The van der Waals surface area contributed by atoms with Gasteiger partial charge < -0.3 is 15.0 Å². The monoisotopic (exact) mass is 262 g/mol. The smallest absolute Gasteiger partial charge is 0.119 e. The molecule has 0 radical (unpaired) electrons. The first kappa shape index (κ1) is 14.4. The van der Waals surface area contributed by atoms with Gasteiger partial charge in [0.25, 0.3) is 0 Å². The molecule has 0 spiro atoms. The lowest BCUT2D eigenvalue weighted by Crippen LogP contribution is -2.29. The zero-order valence-electron chi connectivity index (χ0n) is 12.2. The number of nitrogens with zero attached hydrogens (tertiary/aromatic N) is 1. The molecule has 106 valence electrons. The maximum absolute atomic E-state index is 5.25. The third-order valence-electron chi connectivity index (χ3n) is 3.90. The average molecular weight is 262 g/mol. The summed E-state index contributed by atoms with van der Waals surface area (Å²) < 4.78 is 5.25. The van der Waals surface area contributed by atoms with Crippen molar-refractivity contribution >= 4 is 0 Å². The van der Waals surface area contributed by atoms with Gasteiger partial charge in [0, 0.05) is 13.1 Å². The zero-order chi connectivity index (χ0) is 13.5. The number of aryl methyl sites for hydroxylation is 2. The van der Waals surface area contributed by atoms with Gasteiger partial charge in [-0.15, -0.1) is 0 Å². The van der Waals surface area contributed by atoms with Crippen LogP contribution in [0.3, 0.4) is 0 Å². The lowest BCUT2D eigenvalue weighted by atomic mass is 10.0. The molecule has 3 nitrogen and oxygen atoms in total. The van der Waals surface area contributed by atoms with Gasteiger partial charge in [-0.2, -0.15) is 0 Å². The predicted octanol–water partition coefficient (Wildman–Crippen LogP) is 2.23. The maximum atomic E-state index is 5.25. The van der Waals surface area contributed by atoms with Crippen LogP contribution < -0.4 is 10.1 Å². The molecule has 0 aliphatic carbocycles. The highest BCUT2D eigenvalue weighted by Crippen LogP contribution is 2.18. The SMILES string of the molecule is COc1ccc(CCCN2CCCNCC2)c(C)c1. The Morgan fingerprint density at radius 3 is 2.95 bits per heavy atom. The Morgan fingerprint density at radius 2 is 2.16 bits per heavy atom. The predicted molar refractivity (Wildman–Crippen MR) is 80.0 cm³/mol. The molecule has 0 unspecified atom stereocenters. The molecule has 0 aromatic heterocycles. The van der Waals surface area contributed by atoms with Gasteiger partial charge in [-0.25, -0.2) is 0 Å². The van der Waals surface area contributed by atoms with E-state index in [1.165, 1.54) is 56.6 Å². The number of ether oxygens (including phenoxy) is 1. The number of rotatable bonds is 5. The van der Waals surface area contributed by atoms with Crippen LogP contribution in [0.5, 0.6) is 5.75 Å². The Labute approximate surface area is 116 Å². The van der Waals surface area contributed by atoms with Crippen LogP contribution in [0.15, 0.2) is 18.2 Å². The van der Waals surface area contributed by atoms with Crippen LogP contribution >= 0.6 is 0 Å². The molecular weight excluding hydrogens is 236 g/mol. The largest absolute Gasteiger partial charge is 0.497 e. The summed E-state index contributed by atoms with van der Waals surface area (Å²) in [5, 5.41) is 3.45. The minimum absolute atomic E-state index is 0.958. The number of nitrogens with one attached hydrogen (secondary N) is 1. The summed E-state index contributed by atoms with van der Waals surface area (Å²) in [6, 6.07) is 6.40. The molecule has 1 N–H and O–H groups in total. The van der Waals surface area contributed by atoms with E-state index >= 15 is 0 Å². The fourth-order valence-electron chi connectivity index (χ4n) is 2.69. The Kier molecular flexibility index (Phi) is 5.67. The van der Waals surface area contributed by atoms with Crippen LogP contribution in [0.1, 0.15) is 24.0 Å². The molecule has 0 bridgehead atoms. The molecule has 1 heterocycles. The molecule has 2 rings (SSSR count). The molecule has 0 amide bonds. The van der Waals surface area contributed by atoms with E-state index < -0.39 is 0 Å². The van der Waals surface area contributed by atoms with Crippen molar-refractivity contribution in [2.45, 2.75) is 26.2 Å². The van der Waals surface area contributed by atoms with E-state index in [4.69, 9.17) is 4.74 Å². The summed E-state index contributed by atoms with van der Waals surface area (Å²) in [7, 11) is 1.72. The van der Waals surface area contributed by atoms with Crippen LogP contribution in [0.2, 0.25) is 0 Å². The summed E-state index contributed by atoms with van der Waals surface area (Å²) in [5.74, 6) is 0.958. The Hall–Kier alpha value is -1.06. The van der Waals surface area contributed by atoms with Crippen molar-refractivity contribution in [3.8, 4) is 5.75 Å². The second-order valence-corrected chi connectivity index (χ2v) is 5.34. The third kappa shape index (κ3) is 4.51. The van der Waals surface area contributed by atoms with E-state index in [1.807, 2.05) is 0 Å². The van der Waals surface area contributed by atoms with Gasteiger partial charge in [0.15, 0.2) is 0 Å². The molecular formula is C16H26N2O. The van der Waals surface area contributed by atoms with Crippen LogP contribution in [0, 0.1) is 6.92 Å². The van der Waals surface area contributed by atoms with Crippen molar-refractivity contribution in [1.82, 2.24) is 10.2 Å². The standard InChI is InChI=1S/C16H26N2O/c1-14-13-16(19-2)7-6-15(14)5-3-10-18-11-4-8-17-9-12-18/h6-7,13,17H,3-5,8-12H2,1-2H3. The van der Waals surface area contributed by atoms with Gasteiger partial charge in [0.2, 0.25) is 0 Å². The third-order valence-corrected chi connectivity index (χ3v) is 3.90. The zero-order valence-corrected chi connectivity index (χ0v) is 12.2. The molecule has 1 aliphatic heterocycles. The molecule has 1 saturated heterocycles. The number of hydrogen-bond donors (Lipinski definition) is 1. The quantitative estimate of drug-likeness (QED) is 0.880. The minimum Gasteiger partial charge on any atom is -0.497 e. The van der Waals surface area contributed by atoms with Crippen LogP contribution in [0.4, 0.5) is 0 Å². The van der Waals surface area contributed by atoms with Crippen molar-refractivity contribution < 1.29 is 4.74 Å². The Morgan fingerprint density at radius 1 is 1.26 bits per heavy atom. The summed E-state index contributed by atoms with van der Waals surface area (Å²) in [5.41, 5.74) is 2.80. The van der Waals surface area contributed by atoms with Gasteiger partial charge in [-0.3, -0.25) is 0 Å². The summed E-state index contributed by atoms with van der Waals surface area (Å²) in [6.45, 7) is 8.15. The van der Waals surface area contributed by atoms with Crippen LogP contribution in [0.25, 0.3) is 0 Å². The minimum atomic E-state index is 0.958. The lowest BCUT2D eigenvalue weighted by molar-refractivity contribution is 0.289. The number of methoxy groups -OCH3 is 1. The van der Waals surface area contributed by atoms with Gasteiger partial charge in [-0.05, 0) is 69.1 Å². The van der Waals surface area contributed by atoms with E-state index in [1.54, 1.807) is 7.11 Å². The van der Waals surface area contributed by atoms with Gasteiger partial charge in [0.1, 0.15) is 5.75 Å². The molecule has 1 aliphatic rings. The Bertz CT molecular complexity index is 384.